The van der Waals surface area contributed by atoms with E-state index in [-0.39, 0.29) is 10.8 Å². The van der Waals surface area contributed by atoms with E-state index in [4.69, 9.17) is 4.42 Å². The van der Waals surface area contributed by atoms with Gasteiger partial charge in [-0.2, -0.15) is 0 Å². The molecule has 0 atom stereocenters. The van der Waals surface area contributed by atoms with Gasteiger partial charge in [0.1, 0.15) is 5.58 Å². The molecule has 8 aromatic rings. The summed E-state index contributed by atoms with van der Waals surface area (Å²) in [5.74, 6) is 0. The number of hydrogen-bond acceptors (Lipinski definition) is 2. The Labute approximate surface area is 293 Å². The van der Waals surface area contributed by atoms with E-state index in [1.807, 2.05) is 12.1 Å². The second-order valence-electron chi connectivity index (χ2n) is 14.9. The van der Waals surface area contributed by atoms with Crippen LogP contribution in [0.15, 0.2) is 156 Å². The van der Waals surface area contributed by atoms with Crippen LogP contribution in [0.5, 0.6) is 0 Å². The van der Waals surface area contributed by atoms with E-state index >= 15 is 0 Å². The van der Waals surface area contributed by atoms with Gasteiger partial charge in [-0.05, 0) is 98.1 Å². The molecule has 0 spiro atoms. The van der Waals surface area contributed by atoms with Crippen LogP contribution < -0.4 is 4.90 Å². The first kappa shape index (κ1) is 29.1. The zero-order chi connectivity index (χ0) is 33.8. The molecule has 0 radical (unpaired) electrons. The van der Waals surface area contributed by atoms with Crippen LogP contribution in [0.2, 0.25) is 0 Å². The molecule has 7 aromatic carbocycles. The molecule has 0 saturated carbocycles. The third-order valence-corrected chi connectivity index (χ3v) is 11.5. The van der Waals surface area contributed by atoms with Gasteiger partial charge < -0.3 is 9.32 Å². The van der Waals surface area contributed by atoms with Crippen molar-refractivity contribution in [3.63, 3.8) is 0 Å². The molecule has 2 heteroatoms. The van der Waals surface area contributed by atoms with Crippen molar-refractivity contribution < 1.29 is 4.42 Å². The van der Waals surface area contributed by atoms with Crippen molar-refractivity contribution in [3.05, 3.63) is 174 Å². The van der Waals surface area contributed by atoms with Crippen LogP contribution in [0.3, 0.4) is 0 Å². The molecular formula is C48H37NO. The molecule has 0 unspecified atom stereocenters. The van der Waals surface area contributed by atoms with Crippen molar-refractivity contribution in [1.82, 2.24) is 0 Å². The third kappa shape index (κ3) is 3.96. The highest BCUT2D eigenvalue weighted by atomic mass is 16.3. The lowest BCUT2D eigenvalue weighted by molar-refractivity contribution is 0.651. The predicted molar refractivity (Wildman–Crippen MR) is 209 cm³/mol. The monoisotopic (exact) mass is 643 g/mol. The average molecular weight is 644 g/mol. The smallest absolute Gasteiger partial charge is 0.159 e. The Morgan fingerprint density at radius 3 is 1.82 bits per heavy atom. The number of nitrogens with zero attached hydrogens (tertiary/aromatic N) is 1. The lowest BCUT2D eigenvalue weighted by Gasteiger charge is -2.26. The van der Waals surface area contributed by atoms with E-state index in [0.29, 0.717) is 0 Å². The van der Waals surface area contributed by atoms with Gasteiger partial charge in [-0.3, -0.25) is 0 Å². The number of para-hydroxylation sites is 3. The van der Waals surface area contributed by atoms with E-state index < -0.39 is 0 Å². The van der Waals surface area contributed by atoms with Gasteiger partial charge in [0.15, 0.2) is 5.58 Å². The first-order chi connectivity index (χ1) is 24.3. The Morgan fingerprint density at radius 2 is 1.04 bits per heavy atom. The normalized spacial score (nSPS) is 14.7. The fourth-order valence-corrected chi connectivity index (χ4v) is 8.91. The second-order valence-corrected chi connectivity index (χ2v) is 14.9. The van der Waals surface area contributed by atoms with Gasteiger partial charge >= 0.3 is 0 Å². The molecular weight excluding hydrogens is 607 g/mol. The number of anilines is 3. The molecule has 0 saturated heterocycles. The number of fused-ring (bicyclic) bond motifs is 10. The number of furan rings is 1. The van der Waals surface area contributed by atoms with Crippen LogP contribution >= 0.6 is 0 Å². The minimum absolute atomic E-state index is 0.0148. The first-order valence-corrected chi connectivity index (χ1v) is 17.6. The van der Waals surface area contributed by atoms with Gasteiger partial charge in [-0.1, -0.05) is 137 Å². The van der Waals surface area contributed by atoms with Crippen molar-refractivity contribution in [2.75, 3.05) is 4.90 Å². The number of rotatable bonds is 4. The molecule has 1 heterocycles. The lowest BCUT2D eigenvalue weighted by atomic mass is 9.79. The van der Waals surface area contributed by atoms with Crippen molar-refractivity contribution in [3.8, 4) is 33.4 Å². The molecule has 1 aromatic heterocycles. The molecule has 0 amide bonds. The molecule has 0 fully saturated rings. The molecule has 0 bridgehead atoms. The summed E-state index contributed by atoms with van der Waals surface area (Å²) >= 11 is 0. The predicted octanol–water partition coefficient (Wildman–Crippen LogP) is 13.3. The van der Waals surface area contributed by atoms with E-state index in [1.165, 1.54) is 55.6 Å². The molecule has 2 aliphatic carbocycles. The summed E-state index contributed by atoms with van der Waals surface area (Å²) in [6.07, 6.45) is 0. The van der Waals surface area contributed by atoms with Gasteiger partial charge in [0.25, 0.3) is 0 Å². The zero-order valence-electron chi connectivity index (χ0n) is 28.8. The highest BCUT2D eigenvalue weighted by Gasteiger charge is 2.43. The lowest BCUT2D eigenvalue weighted by Crippen LogP contribution is -2.17. The minimum Gasteiger partial charge on any atom is -0.454 e. The molecule has 0 N–H and O–H groups in total. The van der Waals surface area contributed by atoms with Gasteiger partial charge in [0.2, 0.25) is 0 Å². The van der Waals surface area contributed by atoms with Crippen LogP contribution in [0.25, 0.3) is 55.3 Å². The second kappa shape index (κ2) is 10.3. The van der Waals surface area contributed by atoms with E-state index in [0.717, 1.165) is 39.0 Å². The van der Waals surface area contributed by atoms with Gasteiger partial charge in [-0.15, -0.1) is 0 Å². The fourth-order valence-electron chi connectivity index (χ4n) is 8.91. The quantitative estimate of drug-likeness (QED) is 0.190. The van der Waals surface area contributed by atoms with Crippen molar-refractivity contribution >= 4 is 39.0 Å². The van der Waals surface area contributed by atoms with Crippen molar-refractivity contribution in [2.45, 2.75) is 38.5 Å². The average Bonchev–Trinajstić information content (AvgIpc) is 3.73. The first-order valence-electron chi connectivity index (χ1n) is 17.6. The highest BCUT2D eigenvalue weighted by Crippen LogP contribution is 2.59. The van der Waals surface area contributed by atoms with E-state index in [9.17, 15) is 0 Å². The summed E-state index contributed by atoms with van der Waals surface area (Å²) < 4.78 is 6.51. The maximum Gasteiger partial charge on any atom is 0.159 e. The van der Waals surface area contributed by atoms with E-state index in [1.54, 1.807) is 0 Å². The summed E-state index contributed by atoms with van der Waals surface area (Å²) in [7, 11) is 0. The van der Waals surface area contributed by atoms with Crippen LogP contribution in [0.1, 0.15) is 49.9 Å². The van der Waals surface area contributed by atoms with Crippen LogP contribution in [0, 0.1) is 0 Å². The standard InChI is InChI=1S/C48H37NO/c1-47(2)38-18-10-8-16-36(38)44-39(47)27-28-40-45(44)37-26-23-31(29-41(37)48(40,3)4)30-21-24-33(25-22-30)49(32-13-6-5-7-14-32)42-19-12-17-35-34-15-9-11-20-43(34)50-46(35)42/h5-29H,1-4H3. The summed E-state index contributed by atoms with van der Waals surface area (Å²) in [5.41, 5.74) is 18.6. The van der Waals surface area contributed by atoms with E-state index in [2.05, 4.69) is 172 Å². The maximum atomic E-state index is 6.51. The molecule has 2 nitrogen and oxygen atoms in total. The van der Waals surface area contributed by atoms with Gasteiger partial charge in [0.05, 0.1) is 5.69 Å². The Kier molecular flexibility index (Phi) is 6.01. The zero-order valence-corrected chi connectivity index (χ0v) is 28.8. The minimum atomic E-state index is -0.104. The summed E-state index contributed by atoms with van der Waals surface area (Å²) in [5, 5.41) is 2.25. The highest BCUT2D eigenvalue weighted by molar-refractivity contribution is 6.10. The number of benzene rings is 7. The SMILES string of the molecule is CC1(C)c2ccccc2-c2c1ccc1c2-c2ccc(-c3ccc(N(c4ccccc4)c4cccc5c4oc4ccccc45)cc3)cc2C1(C)C. The van der Waals surface area contributed by atoms with Crippen LogP contribution in [-0.2, 0) is 10.8 Å². The van der Waals surface area contributed by atoms with Crippen molar-refractivity contribution in [1.29, 1.82) is 0 Å². The molecule has 0 aliphatic heterocycles. The summed E-state index contributed by atoms with van der Waals surface area (Å²) in [4.78, 5) is 2.30. The molecule has 50 heavy (non-hydrogen) atoms. The largest absolute Gasteiger partial charge is 0.454 e. The van der Waals surface area contributed by atoms with Gasteiger partial charge in [-0.25, -0.2) is 0 Å². The Morgan fingerprint density at radius 1 is 0.440 bits per heavy atom. The Bertz CT molecular complexity index is 2640. The summed E-state index contributed by atoms with van der Waals surface area (Å²) in [6, 6.07) is 55.2. The van der Waals surface area contributed by atoms with Gasteiger partial charge in [0, 0.05) is 33.0 Å². The van der Waals surface area contributed by atoms with Crippen LogP contribution in [0.4, 0.5) is 17.1 Å². The third-order valence-electron chi connectivity index (χ3n) is 11.5. The maximum absolute atomic E-state index is 6.51. The van der Waals surface area contributed by atoms with Crippen molar-refractivity contribution in [2.24, 2.45) is 0 Å². The summed E-state index contributed by atoms with van der Waals surface area (Å²) in [6.45, 7) is 9.51. The Balaban J connectivity index is 1.08. The molecule has 10 rings (SSSR count). The fraction of sp³-hybridized carbons (Fsp3) is 0.125. The topological polar surface area (TPSA) is 16.4 Å². The van der Waals surface area contributed by atoms with Crippen LogP contribution in [-0.4, -0.2) is 0 Å². The molecule has 240 valence electrons. The Hall–Kier alpha value is -5.86. The number of hydrogen-bond donors (Lipinski definition) is 0. The molecule has 2 aliphatic rings.